The first kappa shape index (κ1) is 17.5. The molecular weight excluding hydrogens is 326 g/mol. The fourth-order valence-corrected chi connectivity index (χ4v) is 3.54. The van der Waals surface area contributed by atoms with Crippen molar-refractivity contribution < 1.29 is 18.7 Å². The van der Waals surface area contributed by atoms with Crippen LogP contribution in [0.1, 0.15) is 42.9 Å². The van der Waals surface area contributed by atoms with Crippen LogP contribution in [0.3, 0.4) is 0 Å². The summed E-state index contributed by atoms with van der Waals surface area (Å²) in [6.07, 6.45) is 4.87. The zero-order valence-corrected chi connectivity index (χ0v) is 13.7. The molecule has 2 aromatic rings. The predicted molar refractivity (Wildman–Crippen MR) is 88.7 cm³/mol. The summed E-state index contributed by atoms with van der Waals surface area (Å²) in [6.45, 7) is 0.0212. The van der Waals surface area contributed by atoms with Crippen LogP contribution in [0.2, 0.25) is 0 Å². The summed E-state index contributed by atoms with van der Waals surface area (Å²) < 4.78 is 27.5. The molecule has 1 heterocycles. The molecular formula is C19H20F2N2O2. The van der Waals surface area contributed by atoms with Crippen LogP contribution in [0, 0.1) is 11.6 Å². The molecule has 4 nitrogen and oxygen atoms in total. The number of benzene rings is 1. The van der Waals surface area contributed by atoms with Crippen LogP contribution in [0.5, 0.6) is 0 Å². The number of pyridine rings is 1. The molecule has 132 valence electrons. The third-order valence-electron chi connectivity index (χ3n) is 4.89. The van der Waals surface area contributed by atoms with Gasteiger partial charge < -0.3 is 10.4 Å². The second-order valence-corrected chi connectivity index (χ2v) is 6.42. The molecule has 0 aliphatic heterocycles. The minimum absolute atomic E-state index is 0.0212. The van der Waals surface area contributed by atoms with E-state index in [1.807, 2.05) is 0 Å². The molecule has 1 saturated carbocycles. The molecule has 25 heavy (non-hydrogen) atoms. The van der Waals surface area contributed by atoms with E-state index in [0.717, 1.165) is 18.9 Å². The molecule has 1 unspecified atom stereocenters. The Balaban J connectivity index is 1.77. The van der Waals surface area contributed by atoms with Crippen LogP contribution >= 0.6 is 0 Å². The first-order valence-corrected chi connectivity index (χ1v) is 8.35. The quantitative estimate of drug-likeness (QED) is 0.875. The van der Waals surface area contributed by atoms with E-state index in [-0.39, 0.29) is 18.0 Å². The molecule has 3 rings (SSSR count). The van der Waals surface area contributed by atoms with Gasteiger partial charge >= 0.3 is 0 Å². The Hall–Kier alpha value is -2.34. The summed E-state index contributed by atoms with van der Waals surface area (Å²) in [5.41, 5.74) is -0.138. The number of hydrogen-bond acceptors (Lipinski definition) is 3. The van der Waals surface area contributed by atoms with Crippen molar-refractivity contribution in [1.82, 2.24) is 10.3 Å². The Morgan fingerprint density at radius 2 is 1.88 bits per heavy atom. The molecule has 1 amide bonds. The van der Waals surface area contributed by atoms with Gasteiger partial charge in [0.25, 0.3) is 0 Å². The van der Waals surface area contributed by atoms with Crippen LogP contribution < -0.4 is 5.32 Å². The van der Waals surface area contributed by atoms with Crippen molar-refractivity contribution in [1.29, 1.82) is 0 Å². The number of carbonyl (C=O) groups is 1. The molecule has 1 fully saturated rings. The third kappa shape index (κ3) is 3.54. The maximum absolute atomic E-state index is 14.3. The summed E-state index contributed by atoms with van der Waals surface area (Å²) in [7, 11) is 0. The highest BCUT2D eigenvalue weighted by molar-refractivity contribution is 5.88. The molecule has 0 bridgehead atoms. The van der Waals surface area contributed by atoms with Crippen molar-refractivity contribution in [2.75, 3.05) is 6.54 Å². The lowest BCUT2D eigenvalue weighted by molar-refractivity contribution is -0.127. The summed E-state index contributed by atoms with van der Waals surface area (Å²) in [5, 5.41) is 12.9. The lowest BCUT2D eigenvalue weighted by atomic mass is 9.77. The molecule has 0 radical (unpaired) electrons. The monoisotopic (exact) mass is 346 g/mol. The van der Waals surface area contributed by atoms with E-state index < -0.39 is 23.2 Å². The Kier molecular flexibility index (Phi) is 5.08. The fourth-order valence-electron chi connectivity index (χ4n) is 3.54. The average molecular weight is 346 g/mol. The maximum atomic E-state index is 14.3. The second kappa shape index (κ2) is 7.27. The van der Waals surface area contributed by atoms with Gasteiger partial charge in [-0.15, -0.1) is 0 Å². The molecule has 6 heteroatoms. The van der Waals surface area contributed by atoms with Crippen molar-refractivity contribution in [3.63, 3.8) is 0 Å². The van der Waals surface area contributed by atoms with Gasteiger partial charge in [0.2, 0.25) is 5.91 Å². The van der Waals surface area contributed by atoms with E-state index >= 15 is 0 Å². The fraction of sp³-hybridized carbons (Fsp3) is 0.368. The molecule has 0 spiro atoms. The first-order valence-electron chi connectivity index (χ1n) is 8.35. The van der Waals surface area contributed by atoms with E-state index in [0.29, 0.717) is 18.4 Å². The number of hydrogen-bond donors (Lipinski definition) is 2. The van der Waals surface area contributed by atoms with E-state index in [2.05, 4.69) is 10.3 Å². The highest BCUT2D eigenvalue weighted by atomic mass is 19.1. The zero-order valence-electron chi connectivity index (χ0n) is 13.7. The molecule has 1 aromatic heterocycles. The normalized spacial score (nSPS) is 17.2. The van der Waals surface area contributed by atoms with Crippen molar-refractivity contribution >= 4 is 5.91 Å². The Labute approximate surface area is 144 Å². The lowest BCUT2D eigenvalue weighted by Crippen LogP contribution is -2.44. The number of aliphatic hydroxyl groups is 1. The van der Waals surface area contributed by atoms with Gasteiger partial charge in [-0.05, 0) is 36.6 Å². The van der Waals surface area contributed by atoms with Crippen molar-refractivity contribution in [2.24, 2.45) is 0 Å². The SMILES string of the molecule is O=C(NCC(O)c1ccncc1)C1(c2ccc(F)cc2F)CCCC1. The summed E-state index contributed by atoms with van der Waals surface area (Å²) in [4.78, 5) is 16.7. The molecule has 1 aliphatic carbocycles. The highest BCUT2D eigenvalue weighted by Gasteiger charge is 2.44. The third-order valence-corrected chi connectivity index (χ3v) is 4.89. The second-order valence-electron chi connectivity index (χ2n) is 6.42. The van der Waals surface area contributed by atoms with Gasteiger partial charge in [-0.3, -0.25) is 9.78 Å². The van der Waals surface area contributed by atoms with Gasteiger partial charge in [-0.25, -0.2) is 8.78 Å². The van der Waals surface area contributed by atoms with Gasteiger partial charge in [0.1, 0.15) is 11.6 Å². The van der Waals surface area contributed by atoms with Crippen molar-refractivity contribution in [3.05, 3.63) is 65.5 Å². The first-order chi connectivity index (χ1) is 12.0. The number of amides is 1. The van der Waals surface area contributed by atoms with Crippen molar-refractivity contribution in [2.45, 2.75) is 37.2 Å². The number of carbonyl (C=O) groups excluding carboxylic acids is 1. The molecule has 1 aromatic carbocycles. The van der Waals surface area contributed by atoms with Gasteiger partial charge in [-0.1, -0.05) is 18.9 Å². The number of rotatable bonds is 5. The smallest absolute Gasteiger partial charge is 0.230 e. The number of aromatic nitrogens is 1. The lowest BCUT2D eigenvalue weighted by Gasteiger charge is -2.29. The topological polar surface area (TPSA) is 62.2 Å². The van der Waals surface area contributed by atoms with E-state index in [1.54, 1.807) is 24.5 Å². The van der Waals surface area contributed by atoms with E-state index in [4.69, 9.17) is 0 Å². The Morgan fingerprint density at radius 3 is 2.52 bits per heavy atom. The van der Waals surface area contributed by atoms with Crippen LogP contribution in [0.4, 0.5) is 8.78 Å². The van der Waals surface area contributed by atoms with Gasteiger partial charge in [0, 0.05) is 30.6 Å². The van der Waals surface area contributed by atoms with E-state index in [9.17, 15) is 18.7 Å². The minimum atomic E-state index is -1.00. The molecule has 2 N–H and O–H groups in total. The van der Waals surface area contributed by atoms with Gasteiger partial charge in [0.15, 0.2) is 0 Å². The number of nitrogens with one attached hydrogen (secondary N) is 1. The summed E-state index contributed by atoms with van der Waals surface area (Å²) in [5.74, 6) is -1.70. The minimum Gasteiger partial charge on any atom is -0.387 e. The molecule has 0 saturated heterocycles. The summed E-state index contributed by atoms with van der Waals surface area (Å²) >= 11 is 0. The standard InChI is InChI=1S/C19H20F2N2O2/c20-14-3-4-15(16(21)11-14)19(7-1-2-8-19)18(25)23-12-17(24)13-5-9-22-10-6-13/h3-6,9-11,17,24H,1-2,7-8,12H2,(H,23,25). The van der Waals surface area contributed by atoms with Gasteiger partial charge in [0.05, 0.1) is 11.5 Å². The largest absolute Gasteiger partial charge is 0.387 e. The average Bonchev–Trinajstić information content (AvgIpc) is 3.11. The predicted octanol–water partition coefficient (Wildman–Crippen LogP) is 3.02. The summed E-state index contributed by atoms with van der Waals surface area (Å²) in [6, 6.07) is 6.69. The van der Waals surface area contributed by atoms with Gasteiger partial charge in [-0.2, -0.15) is 0 Å². The van der Waals surface area contributed by atoms with Crippen LogP contribution in [-0.4, -0.2) is 22.5 Å². The van der Waals surface area contributed by atoms with Crippen LogP contribution in [0.25, 0.3) is 0 Å². The number of halogens is 2. The van der Waals surface area contributed by atoms with Crippen LogP contribution in [-0.2, 0) is 10.2 Å². The maximum Gasteiger partial charge on any atom is 0.230 e. The molecule has 1 atom stereocenters. The zero-order chi connectivity index (χ0) is 17.9. The molecule has 1 aliphatic rings. The highest BCUT2D eigenvalue weighted by Crippen LogP contribution is 2.42. The Bertz CT molecular complexity index is 746. The number of nitrogens with zero attached hydrogens (tertiary/aromatic N) is 1. The van der Waals surface area contributed by atoms with Crippen molar-refractivity contribution in [3.8, 4) is 0 Å². The number of aliphatic hydroxyl groups excluding tert-OH is 1. The van der Waals surface area contributed by atoms with Crippen LogP contribution in [0.15, 0.2) is 42.7 Å². The van der Waals surface area contributed by atoms with E-state index in [1.165, 1.54) is 12.1 Å². The Morgan fingerprint density at radius 1 is 1.20 bits per heavy atom.